The number of methoxy groups -OCH3 is 1. The van der Waals surface area contributed by atoms with E-state index in [9.17, 15) is 0 Å². The van der Waals surface area contributed by atoms with Crippen LogP contribution in [0.25, 0.3) is 0 Å². The molecule has 1 aromatic carbocycles. The van der Waals surface area contributed by atoms with Crippen LogP contribution in [0.5, 0.6) is 11.5 Å². The molecule has 0 aromatic heterocycles. The van der Waals surface area contributed by atoms with Crippen molar-refractivity contribution in [3.05, 3.63) is 24.3 Å². The maximum atomic E-state index is 5.94. The van der Waals surface area contributed by atoms with Gasteiger partial charge in [-0.3, -0.25) is 4.99 Å². The summed E-state index contributed by atoms with van der Waals surface area (Å²) in [5.41, 5.74) is 0. The van der Waals surface area contributed by atoms with Crippen molar-refractivity contribution in [2.24, 2.45) is 10.9 Å². The average molecular weight is 507 g/mol. The number of nitrogens with one attached hydrogen (secondary N) is 2. The van der Waals surface area contributed by atoms with Crippen molar-refractivity contribution in [2.45, 2.75) is 25.9 Å². The number of guanidine groups is 1. The zero-order valence-corrected chi connectivity index (χ0v) is 19.4. The first-order chi connectivity index (χ1) is 13.2. The average Bonchev–Trinajstić information content (AvgIpc) is 3.20. The minimum Gasteiger partial charge on any atom is -0.493 e. The van der Waals surface area contributed by atoms with Gasteiger partial charge in [-0.1, -0.05) is 12.1 Å². The van der Waals surface area contributed by atoms with Crippen molar-refractivity contribution in [3.63, 3.8) is 0 Å². The molecule has 8 heteroatoms. The quantitative estimate of drug-likeness (QED) is 0.208. The van der Waals surface area contributed by atoms with Crippen LogP contribution in [0, 0.1) is 5.92 Å². The van der Waals surface area contributed by atoms with Gasteiger partial charge in [-0.25, -0.2) is 0 Å². The lowest BCUT2D eigenvalue weighted by atomic mass is 10.1. The summed E-state index contributed by atoms with van der Waals surface area (Å²) in [7, 11) is 3.40. The van der Waals surface area contributed by atoms with Gasteiger partial charge in [0.2, 0.25) is 0 Å². The molecule has 0 bridgehead atoms. The van der Waals surface area contributed by atoms with Crippen LogP contribution in [0.2, 0.25) is 0 Å². The van der Waals surface area contributed by atoms with Gasteiger partial charge in [-0.15, -0.1) is 24.0 Å². The summed E-state index contributed by atoms with van der Waals surface area (Å²) in [6.07, 6.45) is 2.02. The van der Waals surface area contributed by atoms with E-state index in [1.54, 1.807) is 14.2 Å². The number of ether oxygens (including phenoxy) is 4. The minimum absolute atomic E-state index is 0. The molecule has 2 atom stereocenters. The van der Waals surface area contributed by atoms with Crippen molar-refractivity contribution in [2.75, 3.05) is 53.7 Å². The van der Waals surface area contributed by atoms with Crippen LogP contribution in [0.4, 0.5) is 0 Å². The number of para-hydroxylation sites is 2. The lowest BCUT2D eigenvalue weighted by Crippen LogP contribution is -2.42. The molecule has 0 saturated carbocycles. The summed E-state index contributed by atoms with van der Waals surface area (Å²) in [6.45, 7) is 6.70. The molecule has 0 amide bonds. The van der Waals surface area contributed by atoms with Crippen molar-refractivity contribution < 1.29 is 18.9 Å². The Morgan fingerprint density at radius 2 is 2.07 bits per heavy atom. The summed E-state index contributed by atoms with van der Waals surface area (Å²) < 4.78 is 22.3. The third-order valence-corrected chi connectivity index (χ3v) is 4.31. The molecule has 0 aliphatic carbocycles. The number of benzene rings is 1. The van der Waals surface area contributed by atoms with Gasteiger partial charge in [-0.05, 0) is 31.9 Å². The molecular weight excluding hydrogens is 473 g/mol. The van der Waals surface area contributed by atoms with E-state index < -0.39 is 0 Å². The molecule has 1 heterocycles. The summed E-state index contributed by atoms with van der Waals surface area (Å²) in [6, 6.07) is 7.64. The topological polar surface area (TPSA) is 73.3 Å². The molecule has 0 radical (unpaired) electrons. The number of halogens is 1. The minimum atomic E-state index is -0.0307. The van der Waals surface area contributed by atoms with E-state index in [1.807, 2.05) is 31.2 Å². The van der Waals surface area contributed by atoms with E-state index in [4.69, 9.17) is 18.9 Å². The molecule has 1 aliphatic rings. The number of nitrogens with zero attached hydrogens (tertiary/aromatic N) is 1. The Hall–Kier alpha value is -1.26. The third kappa shape index (κ3) is 9.29. The van der Waals surface area contributed by atoms with E-state index in [0.717, 1.165) is 63.3 Å². The third-order valence-electron chi connectivity index (χ3n) is 4.31. The normalized spacial score (nSPS) is 17.5. The fourth-order valence-corrected chi connectivity index (χ4v) is 2.78. The maximum Gasteiger partial charge on any atom is 0.191 e. The van der Waals surface area contributed by atoms with Crippen molar-refractivity contribution in [1.82, 2.24) is 10.6 Å². The van der Waals surface area contributed by atoms with Crippen molar-refractivity contribution in [1.29, 1.82) is 0 Å². The smallest absolute Gasteiger partial charge is 0.191 e. The second kappa shape index (κ2) is 14.7. The van der Waals surface area contributed by atoms with Crippen LogP contribution in [0.15, 0.2) is 29.3 Å². The molecule has 2 N–H and O–H groups in total. The Bertz CT molecular complexity index is 568. The lowest BCUT2D eigenvalue weighted by Gasteiger charge is -2.19. The predicted octanol–water partition coefficient (Wildman–Crippen LogP) is 2.69. The second-order valence-electron chi connectivity index (χ2n) is 6.62. The summed E-state index contributed by atoms with van der Waals surface area (Å²) in [5.74, 6) is 2.80. The zero-order chi connectivity index (χ0) is 19.3. The van der Waals surface area contributed by atoms with E-state index in [2.05, 4.69) is 15.6 Å². The van der Waals surface area contributed by atoms with Gasteiger partial charge in [-0.2, -0.15) is 0 Å². The second-order valence-corrected chi connectivity index (χ2v) is 6.62. The molecule has 1 saturated heterocycles. The predicted molar refractivity (Wildman–Crippen MR) is 122 cm³/mol. The largest absolute Gasteiger partial charge is 0.493 e. The highest BCUT2D eigenvalue weighted by atomic mass is 127. The first kappa shape index (κ1) is 24.8. The Balaban J connectivity index is 0.00000392. The number of hydrogen-bond acceptors (Lipinski definition) is 5. The van der Waals surface area contributed by atoms with Crippen LogP contribution in [0.1, 0.15) is 19.8 Å². The Labute approximate surface area is 185 Å². The maximum absolute atomic E-state index is 5.94. The van der Waals surface area contributed by atoms with Crippen LogP contribution in [-0.2, 0) is 9.47 Å². The van der Waals surface area contributed by atoms with Crippen LogP contribution >= 0.6 is 24.0 Å². The van der Waals surface area contributed by atoms with Crippen molar-refractivity contribution in [3.8, 4) is 11.5 Å². The fraction of sp³-hybridized carbons (Fsp3) is 0.650. The molecule has 1 fully saturated rings. The molecule has 1 aromatic rings. The fourth-order valence-electron chi connectivity index (χ4n) is 2.78. The van der Waals surface area contributed by atoms with E-state index in [1.165, 1.54) is 0 Å². The van der Waals surface area contributed by atoms with Gasteiger partial charge in [0.05, 0.1) is 26.9 Å². The molecule has 2 unspecified atom stereocenters. The van der Waals surface area contributed by atoms with Crippen LogP contribution in [-0.4, -0.2) is 65.7 Å². The standard InChI is InChI=1S/C20H33N3O4.HI/c1-16(27-19-8-5-4-7-18(19)24-3)13-23-20(21-2)22-10-6-11-25-14-17-9-12-26-15-17;/h4-5,7-8,16-17H,6,9-15H2,1-3H3,(H2,21,22,23);1H. The molecule has 0 spiro atoms. The highest BCUT2D eigenvalue weighted by Gasteiger charge is 2.15. The zero-order valence-electron chi connectivity index (χ0n) is 17.1. The van der Waals surface area contributed by atoms with Crippen molar-refractivity contribution >= 4 is 29.9 Å². The highest BCUT2D eigenvalue weighted by Crippen LogP contribution is 2.26. The highest BCUT2D eigenvalue weighted by molar-refractivity contribution is 14.0. The Morgan fingerprint density at radius 1 is 1.29 bits per heavy atom. The Kier molecular flexibility index (Phi) is 13.0. The van der Waals surface area contributed by atoms with E-state index >= 15 is 0 Å². The first-order valence-corrected chi connectivity index (χ1v) is 9.62. The molecule has 1 aliphatic heterocycles. The summed E-state index contributed by atoms with van der Waals surface area (Å²) in [4.78, 5) is 4.24. The molecule has 7 nitrogen and oxygen atoms in total. The molecule has 28 heavy (non-hydrogen) atoms. The van der Waals surface area contributed by atoms with Crippen LogP contribution in [0.3, 0.4) is 0 Å². The number of hydrogen-bond donors (Lipinski definition) is 2. The first-order valence-electron chi connectivity index (χ1n) is 9.62. The monoisotopic (exact) mass is 507 g/mol. The van der Waals surface area contributed by atoms with Crippen LogP contribution < -0.4 is 20.1 Å². The summed E-state index contributed by atoms with van der Waals surface area (Å²) >= 11 is 0. The summed E-state index contributed by atoms with van der Waals surface area (Å²) in [5, 5.41) is 6.57. The van der Waals surface area contributed by atoms with Gasteiger partial charge in [0.15, 0.2) is 17.5 Å². The lowest BCUT2D eigenvalue weighted by molar-refractivity contribution is 0.0888. The van der Waals surface area contributed by atoms with Gasteiger partial charge < -0.3 is 29.6 Å². The van der Waals surface area contributed by atoms with E-state index in [-0.39, 0.29) is 30.1 Å². The Morgan fingerprint density at radius 3 is 2.75 bits per heavy atom. The van der Waals surface area contributed by atoms with Gasteiger partial charge in [0, 0.05) is 32.7 Å². The van der Waals surface area contributed by atoms with Gasteiger partial charge in [0.1, 0.15) is 6.10 Å². The number of rotatable bonds is 11. The molecule has 2 rings (SSSR count). The van der Waals surface area contributed by atoms with Gasteiger partial charge in [0.25, 0.3) is 0 Å². The SMILES string of the molecule is CN=C(NCCCOCC1CCOC1)NCC(C)Oc1ccccc1OC.I. The van der Waals surface area contributed by atoms with Gasteiger partial charge >= 0.3 is 0 Å². The number of aliphatic imine (C=N–C) groups is 1. The molecule has 160 valence electrons. The van der Waals surface area contributed by atoms with E-state index in [0.29, 0.717) is 12.5 Å². The molecular formula is C20H34IN3O4.